The Morgan fingerprint density at radius 1 is 1.17 bits per heavy atom. The fraction of sp³-hybridized carbons (Fsp3) is 0.440. The van der Waals surface area contributed by atoms with E-state index in [2.05, 4.69) is 31.5 Å². The summed E-state index contributed by atoms with van der Waals surface area (Å²) in [6.45, 7) is 4.67. The zero-order valence-corrected chi connectivity index (χ0v) is 19.5. The molecule has 1 aromatic carbocycles. The van der Waals surface area contributed by atoms with Crippen LogP contribution < -0.4 is 10.1 Å². The number of benzene rings is 1. The van der Waals surface area contributed by atoms with Gasteiger partial charge in [-0.25, -0.2) is 9.37 Å². The van der Waals surface area contributed by atoms with Crippen molar-refractivity contribution in [2.24, 2.45) is 0 Å². The van der Waals surface area contributed by atoms with Crippen molar-refractivity contribution in [1.29, 1.82) is 0 Å². The quantitative estimate of drug-likeness (QED) is 0.584. The molecule has 0 bridgehead atoms. The van der Waals surface area contributed by atoms with E-state index in [1.54, 1.807) is 23.0 Å². The van der Waals surface area contributed by atoms with Crippen LogP contribution in [0.4, 0.5) is 10.3 Å². The van der Waals surface area contributed by atoms with Gasteiger partial charge in [0.1, 0.15) is 17.9 Å². The number of hydrogen-bond donors (Lipinski definition) is 1. The molecule has 9 nitrogen and oxygen atoms in total. The first-order valence-corrected chi connectivity index (χ1v) is 12.2. The Labute approximate surface area is 202 Å². The smallest absolute Gasteiger partial charge is 0.237 e. The molecule has 1 fully saturated rings. The molecule has 1 N–H and O–H groups in total. The first-order valence-electron chi connectivity index (χ1n) is 12.2. The molecule has 5 heterocycles. The van der Waals surface area contributed by atoms with Crippen molar-refractivity contribution in [3.63, 3.8) is 0 Å². The van der Waals surface area contributed by atoms with Crippen molar-refractivity contribution in [1.82, 2.24) is 29.4 Å². The van der Waals surface area contributed by atoms with Gasteiger partial charge in [-0.15, -0.1) is 10.2 Å². The normalized spacial score (nSPS) is 18.0. The molecular weight excluding hydrogens is 449 g/mol. The molecule has 1 amide bonds. The fourth-order valence-electron chi connectivity index (χ4n) is 5.22. The molecule has 35 heavy (non-hydrogen) atoms. The van der Waals surface area contributed by atoms with Crippen molar-refractivity contribution in [3.05, 3.63) is 53.2 Å². The largest absolute Gasteiger partial charge is 0.493 e. The lowest BCUT2D eigenvalue weighted by molar-refractivity contribution is -0.131. The van der Waals surface area contributed by atoms with E-state index in [0.717, 1.165) is 42.0 Å². The van der Waals surface area contributed by atoms with Crippen molar-refractivity contribution in [2.75, 3.05) is 44.6 Å². The van der Waals surface area contributed by atoms with E-state index < -0.39 is 0 Å². The highest BCUT2D eigenvalue weighted by Crippen LogP contribution is 2.31. The first-order chi connectivity index (χ1) is 17.2. The Balaban J connectivity index is 1.18. The minimum absolute atomic E-state index is 0.192. The molecule has 3 aromatic rings. The highest BCUT2D eigenvalue weighted by molar-refractivity contribution is 5.82. The monoisotopic (exact) mass is 477 g/mol. The van der Waals surface area contributed by atoms with Crippen LogP contribution in [0.2, 0.25) is 0 Å². The number of fused-ring (bicyclic) bond motifs is 2. The van der Waals surface area contributed by atoms with Gasteiger partial charge in [0.2, 0.25) is 11.9 Å². The second kappa shape index (κ2) is 9.26. The molecule has 0 radical (unpaired) electrons. The Bertz CT molecular complexity index is 1300. The van der Waals surface area contributed by atoms with Crippen LogP contribution in [0.5, 0.6) is 5.75 Å². The van der Waals surface area contributed by atoms with Gasteiger partial charge < -0.3 is 15.0 Å². The third kappa shape index (κ3) is 4.22. The van der Waals surface area contributed by atoms with Crippen LogP contribution in [0.3, 0.4) is 0 Å². The van der Waals surface area contributed by atoms with E-state index in [1.807, 2.05) is 4.90 Å². The summed E-state index contributed by atoms with van der Waals surface area (Å²) in [6, 6.07) is 3.13. The summed E-state index contributed by atoms with van der Waals surface area (Å²) in [7, 11) is 0. The van der Waals surface area contributed by atoms with Gasteiger partial charge in [-0.2, -0.15) is 0 Å². The third-order valence-electron chi connectivity index (χ3n) is 7.16. The van der Waals surface area contributed by atoms with Crippen molar-refractivity contribution >= 4 is 23.1 Å². The number of amides is 1. The van der Waals surface area contributed by atoms with Crippen LogP contribution in [-0.4, -0.2) is 74.6 Å². The second-order valence-electron chi connectivity index (χ2n) is 9.28. The zero-order chi connectivity index (χ0) is 23.8. The summed E-state index contributed by atoms with van der Waals surface area (Å²) in [5.74, 6) is 1.23. The maximum atomic E-state index is 14.5. The molecule has 2 aromatic heterocycles. The van der Waals surface area contributed by atoms with Gasteiger partial charge in [0.25, 0.3) is 0 Å². The number of ether oxygens (including phenoxy) is 1. The number of anilines is 1. The number of carbonyl (C=O) groups is 1. The van der Waals surface area contributed by atoms with Crippen molar-refractivity contribution < 1.29 is 13.9 Å². The van der Waals surface area contributed by atoms with Crippen LogP contribution >= 0.6 is 0 Å². The lowest BCUT2D eigenvalue weighted by Crippen LogP contribution is -2.41. The second-order valence-corrected chi connectivity index (χ2v) is 9.28. The van der Waals surface area contributed by atoms with Crippen LogP contribution in [-0.2, 0) is 17.8 Å². The Morgan fingerprint density at radius 2 is 2.06 bits per heavy atom. The van der Waals surface area contributed by atoms with E-state index in [1.165, 1.54) is 18.9 Å². The van der Waals surface area contributed by atoms with Crippen molar-refractivity contribution in [2.45, 2.75) is 32.2 Å². The maximum absolute atomic E-state index is 14.5. The molecule has 0 unspecified atom stereocenters. The van der Waals surface area contributed by atoms with Crippen LogP contribution in [0.25, 0.3) is 11.2 Å². The van der Waals surface area contributed by atoms with Gasteiger partial charge in [-0.1, -0.05) is 6.08 Å². The number of rotatable bonds is 6. The first kappa shape index (κ1) is 22.0. The number of likely N-dealkylation sites (tertiary alicyclic amines) is 1. The number of hydrogen-bond acceptors (Lipinski definition) is 7. The predicted molar refractivity (Wildman–Crippen MR) is 129 cm³/mol. The van der Waals surface area contributed by atoms with Gasteiger partial charge in [-0.05, 0) is 50.1 Å². The van der Waals surface area contributed by atoms with Gasteiger partial charge >= 0.3 is 0 Å². The molecule has 0 spiro atoms. The fourth-order valence-corrected chi connectivity index (χ4v) is 5.22. The number of halogens is 1. The van der Waals surface area contributed by atoms with Gasteiger partial charge in [0.05, 0.1) is 13.2 Å². The van der Waals surface area contributed by atoms with Gasteiger partial charge in [0.15, 0.2) is 5.65 Å². The lowest BCUT2D eigenvalue weighted by Gasteiger charge is -2.28. The lowest BCUT2D eigenvalue weighted by atomic mass is 10.0. The molecule has 3 aliphatic heterocycles. The summed E-state index contributed by atoms with van der Waals surface area (Å²) in [5, 5.41) is 11.7. The Hall–Kier alpha value is -3.53. The van der Waals surface area contributed by atoms with E-state index >= 15 is 0 Å². The van der Waals surface area contributed by atoms with Crippen LogP contribution in [0, 0.1) is 5.82 Å². The summed E-state index contributed by atoms with van der Waals surface area (Å²) < 4.78 is 21.9. The molecule has 0 aliphatic carbocycles. The van der Waals surface area contributed by atoms with E-state index in [-0.39, 0.29) is 18.3 Å². The summed E-state index contributed by atoms with van der Waals surface area (Å²) in [5.41, 5.74) is 4.20. The number of carbonyl (C=O) groups excluding carboxylic acids is 1. The molecule has 0 saturated carbocycles. The average molecular weight is 478 g/mol. The third-order valence-corrected chi connectivity index (χ3v) is 7.16. The highest BCUT2D eigenvalue weighted by Gasteiger charge is 2.24. The maximum Gasteiger partial charge on any atom is 0.237 e. The average Bonchev–Trinajstić information content (AvgIpc) is 3.65. The molecule has 3 aliphatic rings. The molecule has 0 atom stereocenters. The topological polar surface area (TPSA) is 87.9 Å². The van der Waals surface area contributed by atoms with E-state index in [0.29, 0.717) is 49.8 Å². The number of aromatic nitrogens is 4. The predicted octanol–water partition coefficient (Wildman–Crippen LogP) is 2.52. The zero-order valence-electron chi connectivity index (χ0n) is 19.5. The SMILES string of the molecule is O=C(CN1CCCC1)N1CC=C(c2cnc(NCc3c(F)ccc4c3CCO4)n3cnnc23)CC1. The van der Waals surface area contributed by atoms with Gasteiger partial charge in [-0.3, -0.25) is 14.1 Å². The summed E-state index contributed by atoms with van der Waals surface area (Å²) >= 11 is 0. The molecule has 6 rings (SSSR count). The summed E-state index contributed by atoms with van der Waals surface area (Å²) in [6.07, 6.45) is 9.29. The van der Waals surface area contributed by atoms with Crippen molar-refractivity contribution in [3.8, 4) is 5.75 Å². The highest BCUT2D eigenvalue weighted by atomic mass is 19.1. The molecule has 1 saturated heterocycles. The molecule has 10 heteroatoms. The number of nitrogens with zero attached hydrogens (tertiary/aromatic N) is 6. The molecule has 182 valence electrons. The Morgan fingerprint density at radius 3 is 2.89 bits per heavy atom. The van der Waals surface area contributed by atoms with Crippen LogP contribution in [0.1, 0.15) is 36.0 Å². The minimum atomic E-state index is -0.255. The van der Waals surface area contributed by atoms with E-state index in [9.17, 15) is 9.18 Å². The summed E-state index contributed by atoms with van der Waals surface area (Å²) in [4.78, 5) is 21.4. The Kier molecular flexibility index (Phi) is 5.81. The molecular formula is C25H28FN7O2. The van der Waals surface area contributed by atoms with Gasteiger partial charge in [0, 0.05) is 48.9 Å². The minimum Gasteiger partial charge on any atom is -0.493 e. The standard InChI is InChI=1S/C25H28FN7O2/c26-21-3-4-22-18(7-12-35-22)20(21)14-28-25-27-13-19(24-30-29-16-33(24)25)17-5-10-32(11-6-17)23(34)15-31-8-1-2-9-31/h3-5,13,16H,1-2,6-12,14-15H2,(H,27,28). The number of nitrogens with one attached hydrogen (secondary N) is 1. The van der Waals surface area contributed by atoms with Crippen LogP contribution in [0.15, 0.2) is 30.7 Å². The van der Waals surface area contributed by atoms with E-state index in [4.69, 9.17) is 4.74 Å².